The summed E-state index contributed by atoms with van der Waals surface area (Å²) in [6.45, 7) is 3.21. The number of nitrogens with zero attached hydrogens (tertiary/aromatic N) is 1. The smallest absolute Gasteiger partial charge is 0.239 e. The highest BCUT2D eigenvalue weighted by Crippen LogP contribution is 2.31. The van der Waals surface area contributed by atoms with Crippen molar-refractivity contribution in [3.63, 3.8) is 0 Å². The molecule has 0 spiro atoms. The molecule has 3 heteroatoms. The Morgan fingerprint density at radius 1 is 1.25 bits per heavy atom. The summed E-state index contributed by atoms with van der Waals surface area (Å²) in [4.78, 5) is 14.3. The van der Waals surface area contributed by atoms with Crippen LogP contribution in [0, 0.1) is 5.92 Å². The van der Waals surface area contributed by atoms with Crippen LogP contribution >= 0.6 is 0 Å². The number of hydrogen-bond donors (Lipinski definition) is 1. The van der Waals surface area contributed by atoms with Crippen molar-refractivity contribution in [2.75, 3.05) is 13.6 Å². The summed E-state index contributed by atoms with van der Waals surface area (Å²) in [6.07, 6.45) is 7.49. The maximum atomic E-state index is 12.2. The van der Waals surface area contributed by atoms with Crippen molar-refractivity contribution < 1.29 is 4.79 Å². The molecule has 1 amide bonds. The van der Waals surface area contributed by atoms with Crippen LogP contribution < -0.4 is 5.32 Å². The molecule has 0 aromatic carbocycles. The minimum atomic E-state index is 0.0672. The average molecular weight is 224 g/mol. The fourth-order valence-corrected chi connectivity index (χ4v) is 3.27. The van der Waals surface area contributed by atoms with E-state index in [0.717, 1.165) is 25.3 Å². The van der Waals surface area contributed by atoms with Crippen LogP contribution in [-0.2, 0) is 4.79 Å². The maximum absolute atomic E-state index is 12.2. The Labute approximate surface area is 98.6 Å². The monoisotopic (exact) mass is 224 g/mol. The highest BCUT2D eigenvalue weighted by atomic mass is 16.2. The van der Waals surface area contributed by atoms with Gasteiger partial charge in [-0.25, -0.2) is 0 Å². The van der Waals surface area contributed by atoms with Gasteiger partial charge in [0.25, 0.3) is 0 Å². The Balaban J connectivity index is 1.98. The van der Waals surface area contributed by atoms with E-state index >= 15 is 0 Å². The lowest BCUT2D eigenvalue weighted by molar-refractivity contribution is -0.139. The van der Waals surface area contributed by atoms with Gasteiger partial charge >= 0.3 is 0 Å². The van der Waals surface area contributed by atoms with Gasteiger partial charge in [0.15, 0.2) is 0 Å². The van der Waals surface area contributed by atoms with E-state index in [0.29, 0.717) is 11.9 Å². The Hall–Kier alpha value is -0.570. The molecule has 0 aromatic rings. The molecule has 1 saturated heterocycles. The molecule has 1 aliphatic carbocycles. The van der Waals surface area contributed by atoms with E-state index in [-0.39, 0.29) is 6.04 Å². The SMILES string of the molecule is CNC1CCCN(C(C)C2CCCC2)C1=O. The number of carbonyl (C=O) groups excluding carboxylic acids is 1. The number of amides is 1. The summed E-state index contributed by atoms with van der Waals surface area (Å²) >= 11 is 0. The molecular formula is C13H24N2O. The zero-order valence-corrected chi connectivity index (χ0v) is 10.5. The van der Waals surface area contributed by atoms with E-state index in [1.54, 1.807) is 0 Å². The Morgan fingerprint density at radius 2 is 1.94 bits per heavy atom. The Kier molecular flexibility index (Phi) is 3.85. The van der Waals surface area contributed by atoms with Crippen LogP contribution in [0.15, 0.2) is 0 Å². The minimum absolute atomic E-state index is 0.0672. The quantitative estimate of drug-likeness (QED) is 0.792. The number of carbonyl (C=O) groups is 1. The first kappa shape index (κ1) is 11.9. The predicted molar refractivity (Wildman–Crippen MR) is 65.2 cm³/mol. The predicted octanol–water partition coefficient (Wildman–Crippen LogP) is 1.78. The fraction of sp³-hybridized carbons (Fsp3) is 0.923. The van der Waals surface area contributed by atoms with Crippen LogP contribution in [0.2, 0.25) is 0 Å². The number of piperidine rings is 1. The third kappa shape index (κ3) is 2.24. The molecule has 0 bridgehead atoms. The first-order valence-electron chi connectivity index (χ1n) is 6.71. The van der Waals surface area contributed by atoms with Gasteiger partial charge in [-0.1, -0.05) is 12.8 Å². The molecule has 2 unspecified atom stereocenters. The topological polar surface area (TPSA) is 32.3 Å². The third-order valence-corrected chi connectivity index (χ3v) is 4.40. The van der Waals surface area contributed by atoms with Crippen LogP contribution in [0.4, 0.5) is 0 Å². The Morgan fingerprint density at radius 3 is 2.56 bits per heavy atom. The van der Waals surface area contributed by atoms with Crippen LogP contribution in [0.1, 0.15) is 45.4 Å². The Bertz CT molecular complexity index is 248. The number of nitrogens with one attached hydrogen (secondary N) is 1. The van der Waals surface area contributed by atoms with Crippen LogP contribution in [-0.4, -0.2) is 36.5 Å². The number of hydrogen-bond acceptors (Lipinski definition) is 2. The van der Waals surface area contributed by atoms with Gasteiger partial charge in [-0.05, 0) is 45.6 Å². The highest BCUT2D eigenvalue weighted by molar-refractivity contribution is 5.82. The average Bonchev–Trinajstić information content (AvgIpc) is 2.82. The van der Waals surface area contributed by atoms with Gasteiger partial charge in [0.05, 0.1) is 6.04 Å². The van der Waals surface area contributed by atoms with Crippen molar-refractivity contribution in [3.05, 3.63) is 0 Å². The van der Waals surface area contributed by atoms with E-state index in [1.165, 1.54) is 25.7 Å². The van der Waals surface area contributed by atoms with Gasteiger partial charge in [-0.2, -0.15) is 0 Å². The normalized spacial score (nSPS) is 29.8. The summed E-state index contributed by atoms with van der Waals surface area (Å²) in [5.41, 5.74) is 0. The second-order valence-corrected chi connectivity index (χ2v) is 5.30. The molecule has 1 aliphatic heterocycles. The molecule has 2 aliphatic rings. The van der Waals surface area contributed by atoms with Crippen LogP contribution in [0.25, 0.3) is 0 Å². The second kappa shape index (κ2) is 5.17. The molecule has 92 valence electrons. The maximum Gasteiger partial charge on any atom is 0.239 e. The summed E-state index contributed by atoms with van der Waals surface area (Å²) in [7, 11) is 1.90. The van der Waals surface area contributed by atoms with Gasteiger partial charge in [-0.3, -0.25) is 4.79 Å². The van der Waals surface area contributed by atoms with Crippen molar-refractivity contribution in [3.8, 4) is 0 Å². The molecule has 1 saturated carbocycles. The van der Waals surface area contributed by atoms with Crippen molar-refractivity contribution in [1.29, 1.82) is 0 Å². The van der Waals surface area contributed by atoms with Crippen LogP contribution in [0.5, 0.6) is 0 Å². The molecule has 2 rings (SSSR count). The molecule has 1 N–H and O–H groups in total. The lowest BCUT2D eigenvalue weighted by Crippen LogP contribution is -2.54. The number of likely N-dealkylation sites (N-methyl/N-ethyl adjacent to an activating group) is 1. The van der Waals surface area contributed by atoms with Gasteiger partial charge in [0, 0.05) is 12.6 Å². The fourth-order valence-electron chi connectivity index (χ4n) is 3.27. The van der Waals surface area contributed by atoms with Crippen LogP contribution in [0.3, 0.4) is 0 Å². The molecule has 2 atom stereocenters. The van der Waals surface area contributed by atoms with E-state index in [4.69, 9.17) is 0 Å². The standard InChI is InChI=1S/C13H24N2O/c1-10(11-6-3-4-7-11)15-9-5-8-12(14-2)13(15)16/h10-12,14H,3-9H2,1-2H3. The van der Waals surface area contributed by atoms with Gasteiger partial charge < -0.3 is 10.2 Å². The molecule has 16 heavy (non-hydrogen) atoms. The zero-order chi connectivity index (χ0) is 11.5. The van der Waals surface area contributed by atoms with Gasteiger partial charge in [-0.15, -0.1) is 0 Å². The molecule has 0 aromatic heterocycles. The number of likely N-dealkylation sites (tertiary alicyclic amines) is 1. The molecule has 1 heterocycles. The van der Waals surface area contributed by atoms with E-state index in [9.17, 15) is 4.79 Å². The lowest BCUT2D eigenvalue weighted by Gasteiger charge is -2.39. The van der Waals surface area contributed by atoms with Crippen molar-refractivity contribution >= 4 is 5.91 Å². The van der Waals surface area contributed by atoms with E-state index in [2.05, 4.69) is 17.1 Å². The van der Waals surface area contributed by atoms with Crippen molar-refractivity contribution in [2.24, 2.45) is 5.92 Å². The molecule has 0 radical (unpaired) electrons. The van der Waals surface area contributed by atoms with E-state index < -0.39 is 0 Å². The summed E-state index contributed by atoms with van der Waals surface area (Å²) in [5, 5.41) is 3.14. The van der Waals surface area contributed by atoms with Crippen molar-refractivity contribution in [1.82, 2.24) is 10.2 Å². The first-order valence-corrected chi connectivity index (χ1v) is 6.71. The zero-order valence-electron chi connectivity index (χ0n) is 10.5. The van der Waals surface area contributed by atoms with Crippen molar-refractivity contribution in [2.45, 2.75) is 57.5 Å². The molecular weight excluding hydrogens is 200 g/mol. The molecule has 3 nitrogen and oxygen atoms in total. The summed E-state index contributed by atoms with van der Waals surface area (Å²) in [6, 6.07) is 0.517. The minimum Gasteiger partial charge on any atom is -0.338 e. The largest absolute Gasteiger partial charge is 0.338 e. The number of rotatable bonds is 3. The van der Waals surface area contributed by atoms with Gasteiger partial charge in [0.1, 0.15) is 0 Å². The lowest BCUT2D eigenvalue weighted by atomic mass is 9.94. The third-order valence-electron chi connectivity index (χ3n) is 4.40. The summed E-state index contributed by atoms with van der Waals surface area (Å²) < 4.78 is 0. The van der Waals surface area contributed by atoms with Gasteiger partial charge in [0.2, 0.25) is 5.91 Å². The van der Waals surface area contributed by atoms with E-state index in [1.807, 2.05) is 7.05 Å². The molecule has 2 fully saturated rings. The summed E-state index contributed by atoms with van der Waals surface area (Å²) in [5.74, 6) is 1.08. The highest BCUT2D eigenvalue weighted by Gasteiger charge is 2.34. The second-order valence-electron chi connectivity index (χ2n) is 5.30. The first-order chi connectivity index (χ1) is 7.74.